The summed E-state index contributed by atoms with van der Waals surface area (Å²) in [6, 6.07) is 18.5. The summed E-state index contributed by atoms with van der Waals surface area (Å²) in [5.74, 6) is 2.29. The summed E-state index contributed by atoms with van der Waals surface area (Å²) >= 11 is 0. The van der Waals surface area contributed by atoms with Crippen LogP contribution >= 0.6 is 0 Å². The first-order valence-corrected chi connectivity index (χ1v) is 14.4. The van der Waals surface area contributed by atoms with Crippen LogP contribution in [0.4, 0.5) is 11.4 Å². The van der Waals surface area contributed by atoms with Crippen LogP contribution in [0.15, 0.2) is 60.7 Å². The number of piperidine rings is 1. The summed E-state index contributed by atoms with van der Waals surface area (Å²) in [7, 11) is 7.89. The van der Waals surface area contributed by atoms with E-state index >= 15 is 0 Å². The van der Waals surface area contributed by atoms with Crippen molar-refractivity contribution in [2.45, 2.75) is 18.9 Å². The summed E-state index contributed by atoms with van der Waals surface area (Å²) in [5, 5.41) is 0. The molecule has 2 aliphatic heterocycles. The Kier molecular flexibility index (Phi) is 9.13. The molecule has 3 aromatic rings. The van der Waals surface area contributed by atoms with Crippen LogP contribution in [0.3, 0.4) is 0 Å². The van der Waals surface area contributed by atoms with Crippen LogP contribution in [-0.4, -0.2) is 78.4 Å². The molecule has 3 aromatic carbocycles. The van der Waals surface area contributed by atoms with E-state index in [0.29, 0.717) is 61.3 Å². The predicted molar refractivity (Wildman–Crippen MR) is 164 cm³/mol. The third-order valence-corrected chi connectivity index (χ3v) is 8.32. The van der Waals surface area contributed by atoms with Gasteiger partial charge in [0, 0.05) is 44.7 Å². The van der Waals surface area contributed by atoms with Gasteiger partial charge in [0.1, 0.15) is 11.5 Å². The molecular formula is C33H39N3O7. The standard InChI is InChI=1S/C33H39N3O7/c1-39-24-12-10-22(11-13-24)31-25(33(38)35-18-16-34(17-19-35)26-8-6-7-9-27(26)40-2)14-15-30(37)36(31)23-20-28(41-3)32(43-5)29(21-23)42-4/h6-13,20-21,25,31H,14-19H2,1-5H3/t25-,31+/m0/s1. The molecule has 2 aliphatic rings. The van der Waals surface area contributed by atoms with E-state index in [-0.39, 0.29) is 18.2 Å². The number of anilines is 2. The number of hydrogen-bond acceptors (Lipinski definition) is 8. The Morgan fingerprint density at radius 2 is 1.37 bits per heavy atom. The quantitative estimate of drug-likeness (QED) is 0.359. The minimum Gasteiger partial charge on any atom is -0.497 e. The van der Waals surface area contributed by atoms with Crippen LogP contribution in [0, 0.1) is 5.92 Å². The highest BCUT2D eigenvalue weighted by Crippen LogP contribution is 2.47. The molecule has 0 unspecified atom stereocenters. The molecule has 0 bridgehead atoms. The van der Waals surface area contributed by atoms with Crippen LogP contribution in [0.2, 0.25) is 0 Å². The van der Waals surface area contributed by atoms with Gasteiger partial charge in [-0.1, -0.05) is 24.3 Å². The third kappa shape index (κ3) is 5.86. The molecule has 2 saturated heterocycles. The lowest BCUT2D eigenvalue weighted by molar-refractivity contribution is -0.138. The zero-order valence-electron chi connectivity index (χ0n) is 25.4. The first kappa shape index (κ1) is 29.9. The molecule has 5 rings (SSSR count). The van der Waals surface area contributed by atoms with Gasteiger partial charge in [-0.05, 0) is 36.2 Å². The highest BCUT2D eigenvalue weighted by molar-refractivity contribution is 5.98. The van der Waals surface area contributed by atoms with Crippen molar-refractivity contribution < 1.29 is 33.3 Å². The van der Waals surface area contributed by atoms with Gasteiger partial charge in [0.05, 0.1) is 58.9 Å². The van der Waals surface area contributed by atoms with Crippen molar-refractivity contribution in [3.63, 3.8) is 0 Å². The van der Waals surface area contributed by atoms with E-state index in [9.17, 15) is 9.59 Å². The lowest BCUT2D eigenvalue weighted by Crippen LogP contribution is -2.54. The highest BCUT2D eigenvalue weighted by atomic mass is 16.5. The molecule has 2 atom stereocenters. The normalized spacial score (nSPS) is 18.7. The Bertz CT molecular complexity index is 1410. The average molecular weight is 590 g/mol. The lowest BCUT2D eigenvalue weighted by atomic mass is 9.82. The van der Waals surface area contributed by atoms with Crippen LogP contribution < -0.4 is 33.5 Å². The summed E-state index contributed by atoms with van der Waals surface area (Å²) in [6.07, 6.45) is 0.683. The van der Waals surface area contributed by atoms with Crippen molar-refractivity contribution >= 4 is 23.2 Å². The Hall–Kier alpha value is -4.60. The number of carbonyl (C=O) groups is 2. The molecular weight excluding hydrogens is 550 g/mol. The van der Waals surface area contributed by atoms with Crippen molar-refractivity contribution in [3.05, 3.63) is 66.2 Å². The number of piperazine rings is 1. The van der Waals surface area contributed by atoms with Crippen molar-refractivity contribution in [3.8, 4) is 28.7 Å². The predicted octanol–water partition coefficient (Wildman–Crippen LogP) is 4.56. The van der Waals surface area contributed by atoms with Gasteiger partial charge < -0.3 is 38.4 Å². The maximum Gasteiger partial charge on any atom is 0.228 e. The Morgan fingerprint density at radius 1 is 0.744 bits per heavy atom. The fourth-order valence-electron chi connectivity index (χ4n) is 6.14. The van der Waals surface area contributed by atoms with Crippen LogP contribution in [0.25, 0.3) is 0 Å². The van der Waals surface area contributed by atoms with Gasteiger partial charge >= 0.3 is 0 Å². The zero-order chi connectivity index (χ0) is 30.5. The number of methoxy groups -OCH3 is 5. The van der Waals surface area contributed by atoms with Crippen LogP contribution in [0.1, 0.15) is 24.4 Å². The van der Waals surface area contributed by atoms with E-state index in [4.69, 9.17) is 23.7 Å². The van der Waals surface area contributed by atoms with Gasteiger partial charge in [0.2, 0.25) is 17.6 Å². The number of hydrogen-bond donors (Lipinski definition) is 0. The highest BCUT2D eigenvalue weighted by Gasteiger charge is 2.44. The largest absolute Gasteiger partial charge is 0.497 e. The first-order chi connectivity index (χ1) is 20.9. The van der Waals surface area contributed by atoms with Crippen LogP contribution in [-0.2, 0) is 9.59 Å². The second kappa shape index (κ2) is 13.1. The molecule has 0 aliphatic carbocycles. The summed E-state index contributed by atoms with van der Waals surface area (Å²) < 4.78 is 27.7. The van der Waals surface area contributed by atoms with Gasteiger partial charge in [-0.15, -0.1) is 0 Å². The number of nitrogens with zero attached hydrogens (tertiary/aromatic N) is 3. The summed E-state index contributed by atoms with van der Waals surface area (Å²) in [4.78, 5) is 33.9. The van der Waals surface area contributed by atoms with Crippen molar-refractivity contribution in [2.24, 2.45) is 5.92 Å². The molecule has 0 saturated carbocycles. The fraction of sp³-hybridized carbons (Fsp3) is 0.394. The average Bonchev–Trinajstić information content (AvgIpc) is 3.07. The number of ether oxygens (including phenoxy) is 5. The van der Waals surface area contributed by atoms with E-state index in [1.165, 1.54) is 21.3 Å². The summed E-state index contributed by atoms with van der Waals surface area (Å²) in [5.41, 5.74) is 2.43. The topological polar surface area (TPSA) is 90.0 Å². The van der Waals surface area contributed by atoms with Gasteiger partial charge in [-0.3, -0.25) is 9.59 Å². The number of carbonyl (C=O) groups excluding carboxylic acids is 2. The van der Waals surface area contributed by atoms with E-state index in [2.05, 4.69) is 4.90 Å². The van der Waals surface area contributed by atoms with Gasteiger partial charge in [0.25, 0.3) is 0 Å². The number of rotatable bonds is 9. The number of para-hydroxylation sites is 2. The first-order valence-electron chi connectivity index (χ1n) is 14.4. The smallest absolute Gasteiger partial charge is 0.228 e. The SMILES string of the molecule is COc1ccc([C@@H]2[C@@H](C(=O)N3CCN(c4ccccc4OC)CC3)CCC(=O)N2c2cc(OC)c(OC)c(OC)c2)cc1. The molecule has 43 heavy (non-hydrogen) atoms. The number of amides is 2. The van der Waals surface area contributed by atoms with Crippen molar-refractivity contribution in [1.29, 1.82) is 0 Å². The maximum absolute atomic E-state index is 14.3. The molecule has 2 amide bonds. The van der Waals surface area contributed by atoms with E-state index in [1.54, 1.807) is 31.3 Å². The zero-order valence-corrected chi connectivity index (χ0v) is 25.4. The Balaban J connectivity index is 1.48. The van der Waals surface area contributed by atoms with Gasteiger partial charge in [0.15, 0.2) is 11.5 Å². The fourth-order valence-corrected chi connectivity index (χ4v) is 6.14. The molecule has 228 valence electrons. The molecule has 0 N–H and O–H groups in total. The second-order valence-corrected chi connectivity index (χ2v) is 10.5. The monoisotopic (exact) mass is 589 g/mol. The van der Waals surface area contributed by atoms with Crippen molar-refractivity contribution in [2.75, 3.05) is 71.5 Å². The molecule has 10 nitrogen and oxygen atoms in total. The second-order valence-electron chi connectivity index (χ2n) is 10.5. The van der Waals surface area contributed by atoms with Gasteiger partial charge in [-0.25, -0.2) is 0 Å². The number of benzene rings is 3. The molecule has 2 fully saturated rings. The van der Waals surface area contributed by atoms with Gasteiger partial charge in [-0.2, -0.15) is 0 Å². The lowest BCUT2D eigenvalue weighted by Gasteiger charge is -2.44. The molecule has 2 heterocycles. The van der Waals surface area contributed by atoms with E-state index in [1.807, 2.05) is 53.4 Å². The molecule has 10 heteroatoms. The van der Waals surface area contributed by atoms with Crippen LogP contribution in [0.5, 0.6) is 28.7 Å². The third-order valence-electron chi connectivity index (χ3n) is 8.32. The Labute approximate surface area is 252 Å². The molecule has 0 spiro atoms. The minimum atomic E-state index is -0.547. The summed E-state index contributed by atoms with van der Waals surface area (Å²) in [6.45, 7) is 2.50. The maximum atomic E-state index is 14.3. The van der Waals surface area contributed by atoms with Crippen molar-refractivity contribution in [1.82, 2.24) is 4.90 Å². The molecule has 0 radical (unpaired) electrons. The van der Waals surface area contributed by atoms with E-state index in [0.717, 1.165) is 17.0 Å². The van der Waals surface area contributed by atoms with E-state index < -0.39 is 12.0 Å². The minimum absolute atomic E-state index is 0.0328. The molecule has 0 aromatic heterocycles. The Morgan fingerprint density at radius 3 is 1.95 bits per heavy atom.